The zero-order valence-corrected chi connectivity index (χ0v) is 15.5. The van der Waals surface area contributed by atoms with Crippen molar-refractivity contribution in [1.29, 1.82) is 0 Å². The maximum absolute atomic E-state index is 12.4. The van der Waals surface area contributed by atoms with Crippen LogP contribution in [0.15, 0.2) is 34.1 Å². The summed E-state index contributed by atoms with van der Waals surface area (Å²) in [5.41, 5.74) is -0.466. The summed E-state index contributed by atoms with van der Waals surface area (Å²) in [6, 6.07) is 4.06. The molecule has 4 rings (SSSR count). The first-order valence-corrected chi connectivity index (χ1v) is 8.46. The minimum atomic E-state index is -0.751. The van der Waals surface area contributed by atoms with Gasteiger partial charge in [0, 0.05) is 25.8 Å². The van der Waals surface area contributed by atoms with Crippen LogP contribution in [0.5, 0.6) is 11.5 Å². The van der Waals surface area contributed by atoms with Crippen molar-refractivity contribution in [1.82, 2.24) is 24.0 Å². The van der Waals surface area contributed by atoms with E-state index in [1.54, 1.807) is 18.2 Å². The summed E-state index contributed by atoms with van der Waals surface area (Å²) < 4.78 is 13.8. The van der Waals surface area contributed by atoms with Gasteiger partial charge >= 0.3 is 11.7 Å². The van der Waals surface area contributed by atoms with Crippen molar-refractivity contribution >= 4 is 28.8 Å². The van der Waals surface area contributed by atoms with E-state index in [0.29, 0.717) is 17.2 Å². The quantitative estimate of drug-likeness (QED) is 0.605. The molecule has 0 atom stereocenters. The van der Waals surface area contributed by atoms with Crippen molar-refractivity contribution in [2.45, 2.75) is 6.54 Å². The molecular weight excluding hydrogens is 384 g/mol. The van der Waals surface area contributed by atoms with Gasteiger partial charge < -0.3 is 19.4 Å². The molecule has 1 aromatic carbocycles. The average molecular weight is 400 g/mol. The first-order valence-electron chi connectivity index (χ1n) is 8.46. The third-order valence-corrected chi connectivity index (χ3v) is 4.41. The average Bonchev–Trinajstić information content (AvgIpc) is 3.31. The molecule has 1 aliphatic rings. The maximum atomic E-state index is 12.4. The molecule has 12 nitrogen and oxygen atoms in total. The standard InChI is InChI=1S/C17H16N6O6/c1-21-14-13(15(25)22(2)17(21)27)23(7-18-14)6-12(24)20-16(26)19-9-3-4-10-11(5-9)29-8-28-10/h3-5,7H,6,8H2,1-2H3,(H2,19,20,24,26). The van der Waals surface area contributed by atoms with Crippen LogP contribution in [0.25, 0.3) is 11.2 Å². The summed E-state index contributed by atoms with van der Waals surface area (Å²) >= 11 is 0. The summed E-state index contributed by atoms with van der Waals surface area (Å²) in [7, 11) is 2.81. The van der Waals surface area contributed by atoms with Crippen molar-refractivity contribution in [3.05, 3.63) is 45.4 Å². The number of aryl methyl sites for hydroxylation is 1. The molecular formula is C17H16N6O6. The summed E-state index contributed by atoms with van der Waals surface area (Å²) in [6.07, 6.45) is 1.26. The highest BCUT2D eigenvalue weighted by molar-refractivity contribution is 6.01. The first-order chi connectivity index (χ1) is 13.8. The zero-order valence-electron chi connectivity index (χ0n) is 15.5. The summed E-state index contributed by atoms with van der Waals surface area (Å²) in [4.78, 5) is 52.7. The van der Waals surface area contributed by atoms with E-state index in [9.17, 15) is 19.2 Å². The summed E-state index contributed by atoms with van der Waals surface area (Å²) in [5.74, 6) is 0.383. The molecule has 3 amide bonds. The molecule has 1 aliphatic heterocycles. The molecule has 3 heterocycles. The smallest absolute Gasteiger partial charge is 0.332 e. The van der Waals surface area contributed by atoms with Gasteiger partial charge in [0.1, 0.15) is 6.54 Å². The second kappa shape index (κ2) is 6.82. The highest BCUT2D eigenvalue weighted by Crippen LogP contribution is 2.34. The third kappa shape index (κ3) is 3.20. The summed E-state index contributed by atoms with van der Waals surface area (Å²) in [6.45, 7) is -0.230. The Morgan fingerprint density at radius 3 is 2.69 bits per heavy atom. The Hall–Kier alpha value is -4.09. The molecule has 3 aromatic rings. The van der Waals surface area contributed by atoms with Crippen LogP contribution in [0.1, 0.15) is 0 Å². The first kappa shape index (κ1) is 18.3. The molecule has 0 spiro atoms. The number of carbonyl (C=O) groups excluding carboxylic acids is 2. The van der Waals surface area contributed by atoms with Crippen molar-refractivity contribution in [3.63, 3.8) is 0 Å². The van der Waals surface area contributed by atoms with Gasteiger partial charge in [0.2, 0.25) is 12.7 Å². The van der Waals surface area contributed by atoms with Crippen LogP contribution >= 0.6 is 0 Å². The van der Waals surface area contributed by atoms with E-state index >= 15 is 0 Å². The van der Waals surface area contributed by atoms with Crippen molar-refractivity contribution in [2.24, 2.45) is 14.1 Å². The number of nitrogens with one attached hydrogen (secondary N) is 2. The Morgan fingerprint density at radius 2 is 1.90 bits per heavy atom. The van der Waals surface area contributed by atoms with Gasteiger partial charge in [0.15, 0.2) is 22.7 Å². The van der Waals surface area contributed by atoms with Crippen LogP contribution in [0.4, 0.5) is 10.5 Å². The predicted octanol–water partition coefficient (Wildman–Crippen LogP) is -0.489. The van der Waals surface area contributed by atoms with E-state index in [2.05, 4.69) is 15.6 Å². The zero-order chi connectivity index (χ0) is 20.7. The molecule has 0 saturated heterocycles. The number of hydrogen-bond donors (Lipinski definition) is 2. The molecule has 0 bridgehead atoms. The second-order valence-corrected chi connectivity index (χ2v) is 6.32. The normalized spacial score (nSPS) is 12.2. The van der Waals surface area contributed by atoms with E-state index in [4.69, 9.17) is 9.47 Å². The third-order valence-electron chi connectivity index (χ3n) is 4.41. The van der Waals surface area contributed by atoms with Crippen LogP contribution in [-0.2, 0) is 25.4 Å². The van der Waals surface area contributed by atoms with E-state index in [-0.39, 0.29) is 24.5 Å². The van der Waals surface area contributed by atoms with Crippen molar-refractivity contribution in [3.8, 4) is 11.5 Å². The Morgan fingerprint density at radius 1 is 1.14 bits per heavy atom. The molecule has 0 unspecified atom stereocenters. The molecule has 0 aliphatic carbocycles. The number of carbonyl (C=O) groups is 2. The van der Waals surface area contributed by atoms with Gasteiger partial charge in [0.25, 0.3) is 5.56 Å². The van der Waals surface area contributed by atoms with Gasteiger partial charge in [0.05, 0.1) is 6.33 Å². The van der Waals surface area contributed by atoms with Crippen LogP contribution < -0.4 is 31.4 Å². The van der Waals surface area contributed by atoms with Crippen LogP contribution in [0.2, 0.25) is 0 Å². The van der Waals surface area contributed by atoms with Gasteiger partial charge in [-0.2, -0.15) is 0 Å². The van der Waals surface area contributed by atoms with Gasteiger partial charge in [-0.25, -0.2) is 14.6 Å². The predicted molar refractivity (Wildman–Crippen MR) is 99.9 cm³/mol. The van der Waals surface area contributed by atoms with E-state index in [0.717, 1.165) is 4.57 Å². The maximum Gasteiger partial charge on any atom is 0.332 e. The fourth-order valence-electron chi connectivity index (χ4n) is 2.97. The number of imide groups is 1. The highest BCUT2D eigenvalue weighted by atomic mass is 16.7. The Kier molecular flexibility index (Phi) is 4.30. The van der Waals surface area contributed by atoms with Gasteiger partial charge in [-0.3, -0.25) is 24.0 Å². The second-order valence-electron chi connectivity index (χ2n) is 6.32. The number of nitrogens with zero attached hydrogens (tertiary/aromatic N) is 4. The number of aromatic nitrogens is 4. The van der Waals surface area contributed by atoms with E-state index in [1.165, 1.54) is 29.6 Å². The number of fused-ring (bicyclic) bond motifs is 2. The number of anilines is 1. The Balaban J connectivity index is 1.48. The Labute approximate surface area is 162 Å². The molecule has 2 N–H and O–H groups in total. The number of ether oxygens (including phenoxy) is 2. The minimum Gasteiger partial charge on any atom is -0.454 e. The topological polar surface area (TPSA) is 138 Å². The van der Waals surface area contributed by atoms with Gasteiger partial charge in [-0.15, -0.1) is 0 Å². The highest BCUT2D eigenvalue weighted by Gasteiger charge is 2.18. The molecule has 12 heteroatoms. The number of hydrogen-bond acceptors (Lipinski definition) is 7. The molecule has 150 valence electrons. The minimum absolute atomic E-state index is 0.0842. The summed E-state index contributed by atoms with van der Waals surface area (Å²) in [5, 5.41) is 4.69. The monoisotopic (exact) mass is 400 g/mol. The number of imidazole rings is 1. The lowest BCUT2D eigenvalue weighted by Crippen LogP contribution is -2.39. The van der Waals surface area contributed by atoms with Crippen LogP contribution in [-0.4, -0.2) is 37.4 Å². The molecule has 29 heavy (non-hydrogen) atoms. The van der Waals surface area contributed by atoms with Crippen LogP contribution in [0, 0.1) is 0 Å². The molecule has 0 radical (unpaired) electrons. The lowest BCUT2D eigenvalue weighted by Gasteiger charge is -2.09. The SMILES string of the molecule is Cn1c(=O)c2c(ncn2CC(=O)NC(=O)Nc2ccc3c(c2)OCO3)n(C)c1=O. The molecule has 2 aromatic heterocycles. The lowest BCUT2D eigenvalue weighted by atomic mass is 10.3. The largest absolute Gasteiger partial charge is 0.454 e. The fourth-order valence-corrected chi connectivity index (χ4v) is 2.97. The van der Waals surface area contributed by atoms with Crippen molar-refractivity contribution < 1.29 is 19.1 Å². The number of benzene rings is 1. The molecule has 0 saturated carbocycles. The van der Waals surface area contributed by atoms with Gasteiger partial charge in [-0.1, -0.05) is 0 Å². The number of urea groups is 1. The fraction of sp³-hybridized carbons (Fsp3) is 0.235. The van der Waals surface area contributed by atoms with Gasteiger partial charge in [-0.05, 0) is 12.1 Å². The van der Waals surface area contributed by atoms with Crippen LogP contribution in [0.3, 0.4) is 0 Å². The molecule has 0 fully saturated rings. The Bertz CT molecular complexity index is 1270. The lowest BCUT2D eigenvalue weighted by molar-refractivity contribution is -0.120. The number of rotatable bonds is 3. The van der Waals surface area contributed by atoms with E-state index in [1.807, 2.05) is 0 Å². The number of amides is 3. The van der Waals surface area contributed by atoms with E-state index < -0.39 is 23.2 Å². The van der Waals surface area contributed by atoms with Crippen molar-refractivity contribution in [2.75, 3.05) is 12.1 Å².